The van der Waals surface area contributed by atoms with Gasteiger partial charge in [-0.1, -0.05) is 0 Å². The van der Waals surface area contributed by atoms with Gasteiger partial charge in [-0.15, -0.1) is 0 Å². The molecule has 0 aromatic carbocycles. The van der Waals surface area contributed by atoms with Crippen molar-refractivity contribution < 1.29 is 4.74 Å². The number of aryl methyl sites for hydroxylation is 1. The Balaban J connectivity index is 2.04. The van der Waals surface area contributed by atoms with E-state index in [-0.39, 0.29) is 11.3 Å². The Morgan fingerprint density at radius 1 is 1.39 bits per heavy atom. The lowest BCUT2D eigenvalue weighted by Gasteiger charge is -2.05. The van der Waals surface area contributed by atoms with E-state index in [1.807, 2.05) is 20.2 Å². The second-order valence-electron chi connectivity index (χ2n) is 3.52. The summed E-state index contributed by atoms with van der Waals surface area (Å²) >= 11 is 5.77. The van der Waals surface area contributed by atoms with Crippen molar-refractivity contribution in [2.75, 3.05) is 11.9 Å². The fourth-order valence-electron chi connectivity index (χ4n) is 1.35. The van der Waals surface area contributed by atoms with Crippen LogP contribution in [-0.2, 0) is 13.6 Å². The Morgan fingerprint density at radius 2 is 2.22 bits per heavy atom. The molecular weight excluding hydrogens is 256 g/mol. The molecule has 2 heterocycles. The van der Waals surface area contributed by atoms with Crippen LogP contribution in [0.5, 0.6) is 6.01 Å². The summed E-state index contributed by atoms with van der Waals surface area (Å²) < 4.78 is 6.91. The third kappa shape index (κ3) is 3.30. The maximum Gasteiger partial charge on any atom is 0.322 e. The molecule has 0 fully saturated rings. The van der Waals surface area contributed by atoms with Gasteiger partial charge in [-0.25, -0.2) is 0 Å². The van der Waals surface area contributed by atoms with Crippen molar-refractivity contribution in [1.29, 1.82) is 0 Å². The molecule has 8 heteroatoms. The normalized spacial score (nSPS) is 10.4. The monoisotopic (exact) mass is 268 g/mol. The van der Waals surface area contributed by atoms with Gasteiger partial charge in [0.15, 0.2) is 0 Å². The Hall–Kier alpha value is -1.89. The topological polar surface area (TPSA) is 77.8 Å². The molecule has 2 aromatic heterocycles. The Bertz CT molecular complexity index is 529. The minimum Gasteiger partial charge on any atom is -0.464 e. The van der Waals surface area contributed by atoms with Crippen LogP contribution in [0.4, 0.5) is 5.95 Å². The molecule has 0 unspecified atom stereocenters. The molecule has 0 saturated carbocycles. The van der Waals surface area contributed by atoms with E-state index in [1.54, 1.807) is 10.9 Å². The Morgan fingerprint density at radius 3 is 2.89 bits per heavy atom. The highest BCUT2D eigenvalue weighted by atomic mass is 35.5. The van der Waals surface area contributed by atoms with Gasteiger partial charge in [-0.3, -0.25) is 4.68 Å². The predicted octanol–water partition coefficient (Wildman–Crippen LogP) is 1.27. The van der Waals surface area contributed by atoms with Crippen LogP contribution in [0, 0.1) is 0 Å². The van der Waals surface area contributed by atoms with Crippen molar-refractivity contribution in [3.05, 3.63) is 23.2 Å². The minimum absolute atomic E-state index is 0.0992. The largest absolute Gasteiger partial charge is 0.464 e. The van der Waals surface area contributed by atoms with Gasteiger partial charge in [0, 0.05) is 25.4 Å². The molecule has 96 valence electrons. The number of anilines is 1. The molecule has 1 N–H and O–H groups in total. The van der Waals surface area contributed by atoms with Crippen LogP contribution in [0.1, 0.15) is 12.5 Å². The van der Waals surface area contributed by atoms with Crippen LogP contribution in [-0.4, -0.2) is 31.3 Å². The SMILES string of the molecule is CCOc1nc(Cl)nc(NCc2cnn(C)c2)n1. The first-order chi connectivity index (χ1) is 8.67. The van der Waals surface area contributed by atoms with Crippen molar-refractivity contribution in [1.82, 2.24) is 24.7 Å². The zero-order valence-corrected chi connectivity index (χ0v) is 10.8. The molecule has 2 aromatic rings. The summed E-state index contributed by atoms with van der Waals surface area (Å²) in [4.78, 5) is 11.9. The number of ether oxygens (including phenoxy) is 1. The zero-order valence-electron chi connectivity index (χ0n) is 10.1. The summed E-state index contributed by atoms with van der Waals surface area (Å²) in [6, 6.07) is 0.214. The van der Waals surface area contributed by atoms with Crippen LogP contribution in [0.3, 0.4) is 0 Å². The molecule has 0 atom stereocenters. The van der Waals surface area contributed by atoms with Crippen molar-refractivity contribution in [3.8, 4) is 6.01 Å². The van der Waals surface area contributed by atoms with Crippen LogP contribution in [0.2, 0.25) is 5.28 Å². The van der Waals surface area contributed by atoms with E-state index in [0.29, 0.717) is 19.1 Å². The van der Waals surface area contributed by atoms with Gasteiger partial charge in [0.25, 0.3) is 0 Å². The summed E-state index contributed by atoms with van der Waals surface area (Å²) in [7, 11) is 1.86. The van der Waals surface area contributed by atoms with E-state index in [0.717, 1.165) is 5.56 Å². The quantitative estimate of drug-likeness (QED) is 0.880. The number of hydrogen-bond donors (Lipinski definition) is 1. The van der Waals surface area contributed by atoms with Gasteiger partial charge in [0.1, 0.15) is 0 Å². The second-order valence-corrected chi connectivity index (χ2v) is 3.86. The van der Waals surface area contributed by atoms with Crippen LogP contribution in [0.25, 0.3) is 0 Å². The number of halogens is 1. The molecule has 0 aliphatic heterocycles. The summed E-state index contributed by atoms with van der Waals surface area (Å²) in [6.07, 6.45) is 3.67. The number of aromatic nitrogens is 5. The van der Waals surface area contributed by atoms with Gasteiger partial charge in [-0.05, 0) is 18.5 Å². The number of nitrogens with zero attached hydrogens (tertiary/aromatic N) is 5. The predicted molar refractivity (Wildman–Crippen MR) is 66.5 cm³/mol. The lowest BCUT2D eigenvalue weighted by atomic mass is 10.4. The highest BCUT2D eigenvalue weighted by Gasteiger charge is 2.05. The number of hydrogen-bond acceptors (Lipinski definition) is 6. The first-order valence-corrected chi connectivity index (χ1v) is 5.81. The van der Waals surface area contributed by atoms with E-state index in [1.165, 1.54) is 0 Å². The third-order valence-electron chi connectivity index (χ3n) is 2.07. The summed E-state index contributed by atoms with van der Waals surface area (Å²) in [6.45, 7) is 2.88. The van der Waals surface area contributed by atoms with Gasteiger partial charge in [0.05, 0.1) is 12.8 Å². The lowest BCUT2D eigenvalue weighted by molar-refractivity contribution is 0.312. The second kappa shape index (κ2) is 5.63. The highest BCUT2D eigenvalue weighted by Crippen LogP contribution is 2.12. The average Bonchev–Trinajstić information content (AvgIpc) is 2.72. The van der Waals surface area contributed by atoms with Crippen LogP contribution in [0.15, 0.2) is 12.4 Å². The van der Waals surface area contributed by atoms with Crippen molar-refractivity contribution in [2.24, 2.45) is 7.05 Å². The minimum atomic E-state index is 0.0992. The maximum atomic E-state index is 5.77. The molecule has 0 saturated heterocycles. The van der Waals surface area contributed by atoms with Crippen molar-refractivity contribution >= 4 is 17.5 Å². The van der Waals surface area contributed by atoms with E-state index < -0.39 is 0 Å². The van der Waals surface area contributed by atoms with Crippen molar-refractivity contribution in [2.45, 2.75) is 13.5 Å². The van der Waals surface area contributed by atoms with E-state index in [9.17, 15) is 0 Å². The summed E-state index contributed by atoms with van der Waals surface area (Å²) in [5.74, 6) is 0.377. The Kier molecular flexibility index (Phi) is 3.93. The van der Waals surface area contributed by atoms with Crippen LogP contribution >= 0.6 is 11.6 Å². The van der Waals surface area contributed by atoms with E-state index >= 15 is 0 Å². The van der Waals surface area contributed by atoms with Crippen molar-refractivity contribution in [3.63, 3.8) is 0 Å². The molecule has 0 aliphatic rings. The highest BCUT2D eigenvalue weighted by molar-refractivity contribution is 6.28. The zero-order chi connectivity index (χ0) is 13.0. The molecule has 2 rings (SSSR count). The van der Waals surface area contributed by atoms with Gasteiger partial charge < -0.3 is 10.1 Å². The molecule has 0 bridgehead atoms. The maximum absolute atomic E-state index is 5.77. The Labute approximate surface area is 109 Å². The molecule has 0 radical (unpaired) electrons. The number of nitrogens with one attached hydrogen (secondary N) is 1. The average molecular weight is 269 g/mol. The fourth-order valence-corrected chi connectivity index (χ4v) is 1.50. The molecule has 0 spiro atoms. The van der Waals surface area contributed by atoms with Gasteiger partial charge in [0.2, 0.25) is 11.2 Å². The standard InChI is InChI=1S/C10H13ClN6O/c1-3-18-10-15-8(11)14-9(16-10)12-4-7-5-13-17(2)6-7/h5-6H,3-4H2,1-2H3,(H,12,14,15,16). The lowest BCUT2D eigenvalue weighted by Crippen LogP contribution is -2.06. The first-order valence-electron chi connectivity index (χ1n) is 5.43. The molecule has 18 heavy (non-hydrogen) atoms. The summed E-state index contributed by atoms with van der Waals surface area (Å²) in [5, 5.41) is 7.20. The molecule has 7 nitrogen and oxygen atoms in total. The molecular formula is C10H13ClN6O. The molecule has 0 amide bonds. The number of rotatable bonds is 5. The van der Waals surface area contributed by atoms with Gasteiger partial charge in [-0.2, -0.15) is 20.1 Å². The van der Waals surface area contributed by atoms with E-state index in [2.05, 4.69) is 25.4 Å². The summed E-state index contributed by atoms with van der Waals surface area (Å²) in [5.41, 5.74) is 1.02. The first kappa shape index (κ1) is 12.6. The molecule has 0 aliphatic carbocycles. The van der Waals surface area contributed by atoms with E-state index in [4.69, 9.17) is 16.3 Å². The fraction of sp³-hybridized carbons (Fsp3) is 0.400. The van der Waals surface area contributed by atoms with Gasteiger partial charge >= 0.3 is 6.01 Å². The third-order valence-corrected chi connectivity index (χ3v) is 2.24. The smallest absolute Gasteiger partial charge is 0.322 e. The van der Waals surface area contributed by atoms with Crippen LogP contribution < -0.4 is 10.1 Å².